The average Bonchev–Trinajstić information content (AvgIpc) is 3.64. The zero-order valence-electron chi connectivity index (χ0n) is 27.7. The quantitative estimate of drug-likeness (QED) is 0.174. The predicted octanol–water partition coefficient (Wildman–Crippen LogP) is 1.84. The van der Waals surface area contributed by atoms with Crippen LogP contribution in [0.3, 0.4) is 0 Å². The summed E-state index contributed by atoms with van der Waals surface area (Å²) in [6.45, 7) is 6.94. The second-order valence-corrected chi connectivity index (χ2v) is 12.3. The number of benzene rings is 2. The molecule has 0 radical (unpaired) electrons. The van der Waals surface area contributed by atoms with Gasteiger partial charge in [0.2, 0.25) is 0 Å². The van der Waals surface area contributed by atoms with Gasteiger partial charge in [-0.1, -0.05) is 36.1 Å². The third kappa shape index (κ3) is 6.27. The number of likely N-dealkylation sites (N-methyl/N-ethyl adjacent to an activating group) is 1. The van der Waals surface area contributed by atoms with Crippen molar-refractivity contribution in [2.75, 3.05) is 45.5 Å². The van der Waals surface area contributed by atoms with E-state index in [1.807, 2.05) is 54.2 Å². The van der Waals surface area contributed by atoms with Crippen LogP contribution in [-0.4, -0.2) is 84.9 Å². The minimum Gasteiger partial charge on any atom is -0.382 e. The Labute approximate surface area is 283 Å². The molecule has 1 unspecified atom stereocenters. The molecule has 0 bridgehead atoms. The van der Waals surface area contributed by atoms with E-state index < -0.39 is 11.9 Å². The Bertz CT molecular complexity index is 2290. The topological polar surface area (TPSA) is 147 Å². The summed E-state index contributed by atoms with van der Waals surface area (Å²) >= 11 is 0. The van der Waals surface area contributed by atoms with Crippen LogP contribution >= 0.6 is 0 Å². The van der Waals surface area contributed by atoms with Gasteiger partial charge in [0.1, 0.15) is 18.2 Å². The van der Waals surface area contributed by atoms with Crippen LogP contribution in [0.2, 0.25) is 0 Å². The van der Waals surface area contributed by atoms with E-state index in [1.165, 1.54) is 4.57 Å². The van der Waals surface area contributed by atoms with Gasteiger partial charge in [-0.15, -0.1) is 4.52 Å². The number of rotatable bonds is 7. The molecule has 13 heteroatoms. The number of amides is 1. The van der Waals surface area contributed by atoms with E-state index in [9.17, 15) is 9.59 Å². The molecule has 1 aliphatic heterocycles. The highest BCUT2D eigenvalue weighted by molar-refractivity contribution is 6.03. The van der Waals surface area contributed by atoms with Crippen molar-refractivity contribution in [3.8, 4) is 17.5 Å². The number of fused-ring (bicyclic) bond motifs is 2. The fraction of sp³-hybridized carbons (Fsp3) is 0.278. The number of piperazine rings is 1. The van der Waals surface area contributed by atoms with Crippen molar-refractivity contribution in [1.29, 1.82) is 0 Å². The number of nitrogens with zero attached hydrogens (tertiary/aromatic N) is 8. The van der Waals surface area contributed by atoms with Gasteiger partial charge in [-0.05, 0) is 43.2 Å². The van der Waals surface area contributed by atoms with Gasteiger partial charge in [0.05, 0.1) is 40.1 Å². The van der Waals surface area contributed by atoms with Crippen LogP contribution in [-0.2, 0) is 13.5 Å². The van der Waals surface area contributed by atoms with Crippen molar-refractivity contribution in [2.24, 2.45) is 7.05 Å². The molecule has 49 heavy (non-hydrogen) atoms. The molecule has 0 saturated carbocycles. The van der Waals surface area contributed by atoms with Crippen LogP contribution in [0.15, 0.2) is 78.0 Å². The van der Waals surface area contributed by atoms with E-state index in [1.54, 1.807) is 42.2 Å². The zero-order valence-corrected chi connectivity index (χ0v) is 27.7. The van der Waals surface area contributed by atoms with Gasteiger partial charge in [-0.25, -0.2) is 10.1 Å². The third-order valence-corrected chi connectivity index (χ3v) is 9.03. The summed E-state index contributed by atoms with van der Waals surface area (Å²) in [4.78, 5) is 42.1. The van der Waals surface area contributed by atoms with Gasteiger partial charge in [-0.2, -0.15) is 5.10 Å². The van der Waals surface area contributed by atoms with Crippen molar-refractivity contribution >= 4 is 28.3 Å². The summed E-state index contributed by atoms with van der Waals surface area (Å²) < 4.78 is 5.00. The molecular formula is C36H38N11O2+. The molecule has 4 aromatic heterocycles. The maximum Gasteiger partial charge on any atom is 0.362 e. The van der Waals surface area contributed by atoms with Gasteiger partial charge in [0.25, 0.3) is 11.5 Å². The Hall–Kier alpha value is -5.84. The number of H-pyrrole nitrogens is 1. The number of para-hydroxylation sites is 1. The molecule has 13 nitrogen and oxygen atoms in total. The molecule has 4 N–H and O–H groups in total. The smallest absolute Gasteiger partial charge is 0.362 e. The minimum atomic E-state index is -0.684. The van der Waals surface area contributed by atoms with E-state index in [0.717, 1.165) is 50.4 Å². The summed E-state index contributed by atoms with van der Waals surface area (Å²) in [5, 5.41) is 10.8. The second-order valence-electron chi connectivity index (χ2n) is 12.3. The number of carbonyl (C=O) groups excluding carboxylic acids is 1. The van der Waals surface area contributed by atoms with Crippen LogP contribution < -0.4 is 21.1 Å². The number of aromatic nitrogens is 7. The molecule has 5 heterocycles. The molecule has 1 atom stereocenters. The van der Waals surface area contributed by atoms with E-state index >= 15 is 0 Å². The lowest BCUT2D eigenvalue weighted by atomic mass is 10.1. The van der Waals surface area contributed by atoms with E-state index in [-0.39, 0.29) is 16.9 Å². The average molecular weight is 657 g/mol. The lowest BCUT2D eigenvalue weighted by Crippen LogP contribution is -2.45. The molecular weight excluding hydrogens is 618 g/mol. The number of carbonyl (C=O) groups is 1. The Morgan fingerprint density at radius 3 is 2.61 bits per heavy atom. The molecule has 0 aliphatic carbocycles. The van der Waals surface area contributed by atoms with Gasteiger partial charge in [0, 0.05) is 57.8 Å². The number of nitrogens with two attached hydrogens (primary N) is 1. The highest BCUT2D eigenvalue weighted by atomic mass is 16.2. The third-order valence-electron chi connectivity index (χ3n) is 9.03. The molecule has 248 valence electrons. The van der Waals surface area contributed by atoms with Crippen LogP contribution in [0.1, 0.15) is 46.0 Å². The Kier molecular flexibility index (Phi) is 8.65. The van der Waals surface area contributed by atoms with E-state index in [0.29, 0.717) is 33.6 Å². The zero-order chi connectivity index (χ0) is 34.1. The van der Waals surface area contributed by atoms with Gasteiger partial charge in [0.15, 0.2) is 11.4 Å². The molecule has 0 spiro atoms. The first kappa shape index (κ1) is 31.7. The molecule has 1 fully saturated rings. The van der Waals surface area contributed by atoms with Crippen LogP contribution in [0.5, 0.6) is 0 Å². The predicted molar refractivity (Wildman–Crippen MR) is 186 cm³/mol. The first-order valence-corrected chi connectivity index (χ1v) is 16.3. The molecule has 2 aromatic carbocycles. The van der Waals surface area contributed by atoms with E-state index in [4.69, 9.17) is 10.7 Å². The lowest BCUT2D eigenvalue weighted by molar-refractivity contribution is -0.577. The fourth-order valence-electron chi connectivity index (χ4n) is 6.31. The largest absolute Gasteiger partial charge is 0.382 e. The summed E-state index contributed by atoms with van der Waals surface area (Å²) in [6.07, 6.45) is 5.93. The van der Waals surface area contributed by atoms with Crippen molar-refractivity contribution in [1.82, 2.24) is 44.5 Å². The second kappa shape index (κ2) is 13.3. The number of nitrogens with one attached hydrogen (secondary N) is 2. The number of aryl methyl sites for hydroxylation is 1. The number of nitrogen functional groups attached to an aromatic ring is 1. The van der Waals surface area contributed by atoms with Crippen molar-refractivity contribution in [3.63, 3.8) is 0 Å². The summed E-state index contributed by atoms with van der Waals surface area (Å²) in [5.41, 5.74) is 10.0. The normalized spacial score (nSPS) is 14.5. The molecule has 1 aliphatic rings. The van der Waals surface area contributed by atoms with Gasteiger partial charge >= 0.3 is 5.65 Å². The Morgan fingerprint density at radius 2 is 1.82 bits per heavy atom. The molecule has 1 saturated heterocycles. The first-order valence-electron chi connectivity index (χ1n) is 16.3. The van der Waals surface area contributed by atoms with Crippen LogP contribution in [0, 0.1) is 11.8 Å². The van der Waals surface area contributed by atoms with Crippen molar-refractivity contribution in [2.45, 2.75) is 19.4 Å². The summed E-state index contributed by atoms with van der Waals surface area (Å²) in [6, 6.07) is 15.8. The van der Waals surface area contributed by atoms with Crippen LogP contribution in [0.4, 0.5) is 5.82 Å². The maximum absolute atomic E-state index is 14.5. The standard InChI is InChI=1S/C36H37N11O2/c1-24(40-35(48)31-32(37)42-46-17-8-16-38-34(31)46)33-41-28-12-7-9-25(30(28)36(49)47(33)27-10-5-4-6-11-27)13-14-26-23-39-44(3)29(26)15-18-45-21-19-43(2)20-22-45/h4-12,16-17,23-24H,15,18-22H2,1-3H3,(H3,37,40,42,48)/p+1. The van der Waals surface area contributed by atoms with Gasteiger partial charge in [-0.3, -0.25) is 18.8 Å². The van der Waals surface area contributed by atoms with Gasteiger partial charge < -0.3 is 20.9 Å². The highest BCUT2D eigenvalue weighted by Crippen LogP contribution is 2.22. The highest BCUT2D eigenvalue weighted by Gasteiger charge is 2.28. The van der Waals surface area contributed by atoms with E-state index in [2.05, 4.69) is 49.2 Å². The van der Waals surface area contributed by atoms with Crippen molar-refractivity contribution < 1.29 is 9.31 Å². The fourth-order valence-corrected chi connectivity index (χ4v) is 6.31. The first-order chi connectivity index (χ1) is 23.8. The summed E-state index contributed by atoms with van der Waals surface area (Å²) in [7, 11) is 4.09. The number of anilines is 1. The number of hydrogen-bond donors (Lipinski definition) is 3. The molecule has 7 rings (SSSR count). The SMILES string of the molecule is CC(NC(=O)c1c(N)[nH][n+]2cccnc12)c1nc2cccc(C#Cc3cnn(C)c3CCN3CCN(C)CC3)c2c(=O)n1-c1ccccc1. The Morgan fingerprint density at radius 1 is 1.04 bits per heavy atom. The molecule has 6 aromatic rings. The van der Waals surface area contributed by atoms with Crippen molar-refractivity contribution in [3.05, 3.63) is 112 Å². The maximum atomic E-state index is 14.5. The Balaban J connectivity index is 1.25. The minimum absolute atomic E-state index is 0.176. The van der Waals surface area contributed by atoms with Crippen LogP contribution in [0.25, 0.3) is 22.2 Å². The summed E-state index contributed by atoms with van der Waals surface area (Å²) in [5.74, 6) is 6.67. The number of hydrogen-bond acceptors (Lipinski definition) is 8. The lowest BCUT2D eigenvalue weighted by Gasteiger charge is -2.32. The number of aromatic amines is 1. The monoisotopic (exact) mass is 656 g/mol. The molecule has 1 amide bonds.